The van der Waals surface area contributed by atoms with Gasteiger partial charge in [0.05, 0.1) is 6.54 Å². The van der Waals surface area contributed by atoms with Gasteiger partial charge in [-0.25, -0.2) is 9.37 Å². The Morgan fingerprint density at radius 1 is 1.50 bits per heavy atom. The van der Waals surface area contributed by atoms with Crippen LogP contribution in [0.4, 0.5) is 4.39 Å². The molecular formula is C13H11BrClFN4. The summed E-state index contributed by atoms with van der Waals surface area (Å²) in [5.74, 6) is 0.454. The molecule has 1 aliphatic rings. The molecule has 20 heavy (non-hydrogen) atoms. The van der Waals surface area contributed by atoms with Crippen molar-refractivity contribution in [2.45, 2.75) is 19.0 Å². The summed E-state index contributed by atoms with van der Waals surface area (Å²) in [4.78, 5) is 8.53. The first kappa shape index (κ1) is 13.6. The molecule has 3 rings (SSSR count). The summed E-state index contributed by atoms with van der Waals surface area (Å²) < 4.78 is 16.7. The number of hydrogen-bond donors (Lipinski definition) is 1. The molecule has 0 fully saturated rings. The van der Waals surface area contributed by atoms with Crippen molar-refractivity contribution >= 4 is 33.4 Å². The lowest BCUT2D eigenvalue weighted by molar-refractivity contribution is 0.383. The van der Waals surface area contributed by atoms with Crippen LogP contribution in [0.3, 0.4) is 0 Å². The molecule has 2 heterocycles. The van der Waals surface area contributed by atoms with Crippen molar-refractivity contribution in [3.63, 3.8) is 0 Å². The van der Waals surface area contributed by atoms with Crippen LogP contribution in [0.25, 0.3) is 0 Å². The van der Waals surface area contributed by atoms with Gasteiger partial charge in [-0.05, 0) is 25.1 Å². The van der Waals surface area contributed by atoms with Crippen LogP contribution >= 0.6 is 27.5 Å². The molecule has 4 nitrogen and oxygen atoms in total. The van der Waals surface area contributed by atoms with Crippen molar-refractivity contribution < 1.29 is 4.39 Å². The van der Waals surface area contributed by atoms with Gasteiger partial charge in [-0.3, -0.25) is 4.99 Å². The van der Waals surface area contributed by atoms with E-state index in [4.69, 9.17) is 17.3 Å². The Labute approximate surface area is 128 Å². The molecular weight excluding hydrogens is 347 g/mol. The second-order valence-electron chi connectivity index (χ2n) is 4.91. The number of halogens is 3. The molecule has 2 N–H and O–H groups in total. The largest absolute Gasteiger partial charge is 0.381 e. The average Bonchev–Trinajstić information content (AvgIpc) is 2.73. The van der Waals surface area contributed by atoms with Gasteiger partial charge in [0.2, 0.25) is 0 Å². The van der Waals surface area contributed by atoms with E-state index >= 15 is 0 Å². The Bertz CT molecular complexity index is 727. The Kier molecular flexibility index (Phi) is 3.10. The number of nitrogens with zero attached hydrogens (tertiary/aromatic N) is 3. The SMILES string of the molecule is CC1(c2cc(Br)ccc2F)Cn2cc(Cl)nc2C(N)=N1. The topological polar surface area (TPSA) is 56.2 Å². The zero-order valence-corrected chi connectivity index (χ0v) is 12.9. The molecule has 0 bridgehead atoms. The number of nitrogens with two attached hydrogens (primary N) is 1. The number of benzene rings is 1. The van der Waals surface area contributed by atoms with Gasteiger partial charge in [0.1, 0.15) is 16.5 Å². The molecule has 1 aromatic carbocycles. The minimum atomic E-state index is -0.797. The standard InChI is InChI=1S/C13H11BrClFN4/c1-13(8-4-7(14)2-3-9(8)16)6-20-5-10(15)18-12(20)11(17)19-13/h2-5H,6H2,1H3,(H2,17,19). The smallest absolute Gasteiger partial charge is 0.176 e. The van der Waals surface area contributed by atoms with Crippen molar-refractivity contribution in [1.82, 2.24) is 9.55 Å². The fourth-order valence-electron chi connectivity index (χ4n) is 2.45. The van der Waals surface area contributed by atoms with E-state index < -0.39 is 5.54 Å². The summed E-state index contributed by atoms with van der Waals surface area (Å²) in [5, 5.41) is 0.345. The lowest BCUT2D eigenvalue weighted by atomic mass is 9.91. The van der Waals surface area contributed by atoms with E-state index in [0.29, 0.717) is 23.1 Å². The van der Waals surface area contributed by atoms with E-state index in [0.717, 1.165) is 4.47 Å². The van der Waals surface area contributed by atoms with Crippen LogP contribution in [-0.2, 0) is 12.1 Å². The number of imidazole rings is 1. The summed E-state index contributed by atoms with van der Waals surface area (Å²) >= 11 is 9.24. The Hall–Kier alpha value is -1.40. The number of fused-ring (bicyclic) bond motifs is 1. The van der Waals surface area contributed by atoms with Crippen LogP contribution < -0.4 is 5.73 Å². The van der Waals surface area contributed by atoms with Gasteiger partial charge in [-0.15, -0.1) is 0 Å². The maximum atomic E-state index is 14.1. The molecule has 1 aliphatic heterocycles. The van der Waals surface area contributed by atoms with Crippen molar-refractivity contribution in [2.75, 3.05) is 0 Å². The minimum absolute atomic E-state index is 0.255. The molecule has 0 radical (unpaired) electrons. The van der Waals surface area contributed by atoms with Gasteiger partial charge in [0, 0.05) is 16.2 Å². The fraction of sp³-hybridized carbons (Fsp3) is 0.231. The highest BCUT2D eigenvalue weighted by Crippen LogP contribution is 2.35. The van der Waals surface area contributed by atoms with Crippen LogP contribution in [0, 0.1) is 5.82 Å². The van der Waals surface area contributed by atoms with E-state index in [1.165, 1.54) is 6.07 Å². The van der Waals surface area contributed by atoms with E-state index in [-0.39, 0.29) is 11.7 Å². The first-order chi connectivity index (χ1) is 9.39. The molecule has 2 aromatic rings. The molecule has 7 heteroatoms. The summed E-state index contributed by atoms with van der Waals surface area (Å²) in [6.07, 6.45) is 1.67. The average molecular weight is 358 g/mol. The van der Waals surface area contributed by atoms with Gasteiger partial charge >= 0.3 is 0 Å². The summed E-state index contributed by atoms with van der Waals surface area (Å²) in [6.45, 7) is 2.26. The number of hydrogen-bond acceptors (Lipinski definition) is 3. The minimum Gasteiger partial charge on any atom is -0.381 e. The van der Waals surface area contributed by atoms with E-state index in [1.807, 2.05) is 6.92 Å². The lowest BCUT2D eigenvalue weighted by Gasteiger charge is -2.31. The van der Waals surface area contributed by atoms with Crippen LogP contribution in [-0.4, -0.2) is 15.4 Å². The number of aromatic nitrogens is 2. The van der Waals surface area contributed by atoms with Crippen LogP contribution in [0.15, 0.2) is 33.9 Å². The Balaban J connectivity index is 2.14. The Morgan fingerprint density at radius 3 is 3.00 bits per heavy atom. The van der Waals surface area contributed by atoms with E-state index in [1.54, 1.807) is 22.9 Å². The first-order valence-electron chi connectivity index (χ1n) is 5.93. The molecule has 1 aromatic heterocycles. The third-order valence-electron chi connectivity index (χ3n) is 3.33. The molecule has 0 spiro atoms. The molecule has 0 amide bonds. The first-order valence-corrected chi connectivity index (χ1v) is 7.10. The predicted molar refractivity (Wildman–Crippen MR) is 79.4 cm³/mol. The highest BCUT2D eigenvalue weighted by Gasteiger charge is 2.35. The zero-order chi connectivity index (χ0) is 14.5. The monoisotopic (exact) mass is 356 g/mol. The molecule has 1 atom stereocenters. The van der Waals surface area contributed by atoms with Gasteiger partial charge < -0.3 is 10.3 Å². The highest BCUT2D eigenvalue weighted by molar-refractivity contribution is 9.10. The Morgan fingerprint density at radius 2 is 2.25 bits per heavy atom. The number of aliphatic imine (C=N–C) groups is 1. The summed E-state index contributed by atoms with van der Waals surface area (Å²) in [7, 11) is 0. The molecule has 1 unspecified atom stereocenters. The van der Waals surface area contributed by atoms with Crippen molar-refractivity contribution in [3.8, 4) is 0 Å². The van der Waals surface area contributed by atoms with Gasteiger partial charge in [-0.2, -0.15) is 0 Å². The summed E-state index contributed by atoms with van der Waals surface area (Å²) in [5.41, 5.74) is 5.62. The molecule has 0 saturated heterocycles. The quantitative estimate of drug-likeness (QED) is 0.853. The highest BCUT2D eigenvalue weighted by atomic mass is 79.9. The fourth-order valence-corrected chi connectivity index (χ4v) is 3.01. The molecule has 0 aliphatic carbocycles. The van der Waals surface area contributed by atoms with Crippen molar-refractivity contribution in [3.05, 3.63) is 51.2 Å². The second-order valence-corrected chi connectivity index (χ2v) is 6.21. The number of amidine groups is 1. The maximum absolute atomic E-state index is 14.1. The predicted octanol–water partition coefficient (Wildman–Crippen LogP) is 3.07. The number of rotatable bonds is 1. The lowest BCUT2D eigenvalue weighted by Crippen LogP contribution is -2.37. The second kappa shape index (κ2) is 4.56. The van der Waals surface area contributed by atoms with E-state index in [9.17, 15) is 4.39 Å². The van der Waals surface area contributed by atoms with Crippen LogP contribution in [0.1, 0.15) is 18.3 Å². The molecule has 104 valence electrons. The zero-order valence-electron chi connectivity index (χ0n) is 10.6. The van der Waals surface area contributed by atoms with Gasteiger partial charge in [0.25, 0.3) is 0 Å². The van der Waals surface area contributed by atoms with Crippen LogP contribution in [0.5, 0.6) is 0 Å². The summed E-state index contributed by atoms with van der Waals surface area (Å²) in [6, 6.07) is 4.78. The third kappa shape index (κ3) is 2.13. The van der Waals surface area contributed by atoms with Gasteiger partial charge in [-0.1, -0.05) is 27.5 Å². The normalized spacial score (nSPS) is 21.5. The molecule has 0 saturated carbocycles. The van der Waals surface area contributed by atoms with E-state index in [2.05, 4.69) is 25.9 Å². The van der Waals surface area contributed by atoms with Crippen molar-refractivity contribution in [1.29, 1.82) is 0 Å². The van der Waals surface area contributed by atoms with Gasteiger partial charge in [0.15, 0.2) is 11.7 Å². The van der Waals surface area contributed by atoms with Crippen molar-refractivity contribution in [2.24, 2.45) is 10.7 Å². The third-order valence-corrected chi connectivity index (χ3v) is 4.01. The van der Waals surface area contributed by atoms with Crippen LogP contribution in [0.2, 0.25) is 5.15 Å². The maximum Gasteiger partial charge on any atom is 0.176 e.